The molecule has 1 aliphatic carbocycles. The molecule has 2 aromatic rings. The molecule has 0 atom stereocenters. The molecular formula is C17H18N2S. The maximum Gasteiger partial charge on any atom is 0.0732 e. The van der Waals surface area contributed by atoms with Crippen LogP contribution in [0.2, 0.25) is 0 Å². The van der Waals surface area contributed by atoms with Gasteiger partial charge >= 0.3 is 0 Å². The van der Waals surface area contributed by atoms with E-state index >= 15 is 0 Å². The van der Waals surface area contributed by atoms with Crippen LogP contribution in [-0.2, 0) is 0 Å². The van der Waals surface area contributed by atoms with E-state index in [0.717, 1.165) is 5.92 Å². The third-order valence-corrected chi connectivity index (χ3v) is 5.02. The van der Waals surface area contributed by atoms with Crippen molar-refractivity contribution in [1.29, 1.82) is 0 Å². The third-order valence-electron chi connectivity index (χ3n) is 4.03. The van der Waals surface area contributed by atoms with Gasteiger partial charge in [-0.05, 0) is 42.0 Å². The zero-order chi connectivity index (χ0) is 13.5. The highest BCUT2D eigenvalue weighted by atomic mass is 32.2. The van der Waals surface area contributed by atoms with E-state index in [0.29, 0.717) is 0 Å². The second-order valence-electron chi connectivity index (χ2n) is 5.65. The van der Waals surface area contributed by atoms with Gasteiger partial charge in [0, 0.05) is 13.6 Å². The minimum atomic E-state index is 0.913. The molecule has 0 radical (unpaired) electrons. The Bertz CT molecular complexity index is 622. The van der Waals surface area contributed by atoms with Crippen molar-refractivity contribution in [2.75, 3.05) is 22.2 Å². The van der Waals surface area contributed by atoms with E-state index in [2.05, 4.69) is 64.2 Å². The molecule has 0 N–H and O–H groups in total. The van der Waals surface area contributed by atoms with Crippen molar-refractivity contribution in [3.05, 3.63) is 48.5 Å². The first-order chi connectivity index (χ1) is 9.81. The van der Waals surface area contributed by atoms with Crippen LogP contribution in [0.15, 0.2) is 48.5 Å². The second kappa shape index (κ2) is 4.74. The largest absolute Gasteiger partial charge is 0.300 e. The minimum Gasteiger partial charge on any atom is -0.300 e. The van der Waals surface area contributed by atoms with Crippen LogP contribution in [0, 0.1) is 5.92 Å². The molecule has 0 bridgehead atoms. The molecule has 1 fully saturated rings. The summed E-state index contributed by atoms with van der Waals surface area (Å²) in [5.74, 6) is 0.913. The maximum atomic E-state index is 2.45. The van der Waals surface area contributed by atoms with Gasteiger partial charge in [-0.1, -0.05) is 36.4 Å². The van der Waals surface area contributed by atoms with Crippen LogP contribution < -0.4 is 8.61 Å². The summed E-state index contributed by atoms with van der Waals surface area (Å²) in [5.41, 5.74) is 5.28. The molecule has 0 unspecified atom stereocenters. The van der Waals surface area contributed by atoms with Gasteiger partial charge in [-0.25, -0.2) is 0 Å². The van der Waals surface area contributed by atoms with Crippen LogP contribution >= 0.6 is 12.1 Å². The molecule has 2 aromatic carbocycles. The molecule has 102 valence electrons. The lowest BCUT2D eigenvalue weighted by Crippen LogP contribution is -2.16. The highest BCUT2D eigenvalue weighted by molar-refractivity contribution is 8.02. The van der Waals surface area contributed by atoms with Crippen LogP contribution in [0.4, 0.5) is 11.4 Å². The van der Waals surface area contributed by atoms with Crippen molar-refractivity contribution in [2.45, 2.75) is 12.8 Å². The Labute approximate surface area is 124 Å². The lowest BCUT2D eigenvalue weighted by molar-refractivity contribution is 0.852. The van der Waals surface area contributed by atoms with Crippen molar-refractivity contribution >= 4 is 23.5 Å². The normalized spacial score (nSPS) is 17.4. The van der Waals surface area contributed by atoms with Gasteiger partial charge in [0.05, 0.1) is 23.5 Å². The molecule has 2 aliphatic rings. The Hall–Kier alpha value is -1.61. The quantitative estimate of drug-likeness (QED) is 0.761. The number of anilines is 2. The van der Waals surface area contributed by atoms with Crippen LogP contribution in [0.25, 0.3) is 11.1 Å². The molecule has 2 nitrogen and oxygen atoms in total. The molecule has 20 heavy (non-hydrogen) atoms. The maximum absolute atomic E-state index is 2.45. The van der Waals surface area contributed by atoms with Crippen molar-refractivity contribution in [1.82, 2.24) is 0 Å². The van der Waals surface area contributed by atoms with Gasteiger partial charge in [-0.3, -0.25) is 8.61 Å². The predicted molar refractivity (Wildman–Crippen MR) is 87.9 cm³/mol. The highest BCUT2D eigenvalue weighted by Crippen LogP contribution is 2.47. The average molecular weight is 282 g/mol. The van der Waals surface area contributed by atoms with Crippen LogP contribution in [0.3, 0.4) is 0 Å². The van der Waals surface area contributed by atoms with Crippen LogP contribution in [0.5, 0.6) is 0 Å². The molecule has 1 saturated carbocycles. The Kier molecular flexibility index (Phi) is 2.88. The Morgan fingerprint density at radius 2 is 1.80 bits per heavy atom. The molecule has 0 saturated heterocycles. The summed E-state index contributed by atoms with van der Waals surface area (Å²) in [4.78, 5) is 0. The van der Waals surface area contributed by atoms with Gasteiger partial charge in [0.1, 0.15) is 0 Å². The summed E-state index contributed by atoms with van der Waals surface area (Å²) in [6.07, 6.45) is 2.80. The molecular weight excluding hydrogens is 264 g/mol. The third kappa shape index (κ3) is 2.16. The molecule has 1 heterocycles. The first kappa shape index (κ1) is 12.2. The summed E-state index contributed by atoms with van der Waals surface area (Å²) in [5, 5.41) is 0. The number of benzene rings is 2. The van der Waals surface area contributed by atoms with E-state index in [-0.39, 0.29) is 0 Å². The second-order valence-corrected chi connectivity index (χ2v) is 6.80. The lowest BCUT2D eigenvalue weighted by Gasteiger charge is -2.16. The zero-order valence-electron chi connectivity index (χ0n) is 11.6. The number of hydrogen-bond acceptors (Lipinski definition) is 3. The molecule has 0 amide bonds. The van der Waals surface area contributed by atoms with Gasteiger partial charge in [-0.2, -0.15) is 0 Å². The van der Waals surface area contributed by atoms with E-state index in [1.807, 2.05) is 12.1 Å². The van der Waals surface area contributed by atoms with E-state index in [9.17, 15) is 0 Å². The van der Waals surface area contributed by atoms with Gasteiger partial charge in [0.25, 0.3) is 0 Å². The van der Waals surface area contributed by atoms with E-state index in [1.165, 1.54) is 41.9 Å². The van der Waals surface area contributed by atoms with Crippen molar-refractivity contribution in [3.8, 4) is 11.1 Å². The molecule has 0 aromatic heterocycles. The van der Waals surface area contributed by atoms with E-state index in [1.54, 1.807) is 0 Å². The monoisotopic (exact) mass is 282 g/mol. The lowest BCUT2D eigenvalue weighted by atomic mass is 10.0. The van der Waals surface area contributed by atoms with Gasteiger partial charge in [-0.15, -0.1) is 0 Å². The minimum absolute atomic E-state index is 0.913. The average Bonchev–Trinajstić information content (AvgIpc) is 3.25. The smallest absolute Gasteiger partial charge is 0.0732 e. The number of fused-ring (bicyclic) bond motifs is 1. The summed E-state index contributed by atoms with van der Waals surface area (Å²) in [7, 11) is 2.16. The van der Waals surface area contributed by atoms with E-state index < -0.39 is 0 Å². The Morgan fingerprint density at radius 3 is 2.55 bits per heavy atom. The highest BCUT2D eigenvalue weighted by Gasteiger charge is 2.31. The first-order valence-electron chi connectivity index (χ1n) is 7.20. The molecule has 4 rings (SSSR count). The van der Waals surface area contributed by atoms with Crippen molar-refractivity contribution < 1.29 is 0 Å². The van der Waals surface area contributed by atoms with E-state index in [4.69, 9.17) is 0 Å². The summed E-state index contributed by atoms with van der Waals surface area (Å²) in [6.45, 7) is 1.19. The first-order valence-corrected chi connectivity index (χ1v) is 7.93. The Morgan fingerprint density at radius 1 is 1.00 bits per heavy atom. The Balaban J connectivity index is 1.68. The fourth-order valence-corrected chi connectivity index (χ4v) is 3.75. The standard InChI is InChI=1S/C17H18N2S/c1-18-17-11-15(14-5-3-2-4-6-14)9-10-16(17)19(20-18)12-13-7-8-13/h2-6,9-11,13H,7-8,12H2,1H3. The topological polar surface area (TPSA) is 6.48 Å². The van der Waals surface area contributed by atoms with Gasteiger partial charge in [0.15, 0.2) is 0 Å². The summed E-state index contributed by atoms with van der Waals surface area (Å²) in [6, 6.07) is 17.4. The summed E-state index contributed by atoms with van der Waals surface area (Å²) >= 11 is 1.83. The van der Waals surface area contributed by atoms with Gasteiger partial charge in [0.2, 0.25) is 0 Å². The zero-order valence-corrected chi connectivity index (χ0v) is 12.4. The molecule has 3 heteroatoms. The van der Waals surface area contributed by atoms with Crippen molar-refractivity contribution in [3.63, 3.8) is 0 Å². The number of hydrogen-bond donors (Lipinski definition) is 0. The van der Waals surface area contributed by atoms with Crippen LogP contribution in [-0.4, -0.2) is 13.6 Å². The number of nitrogens with zero attached hydrogens (tertiary/aromatic N) is 2. The predicted octanol–water partition coefficient (Wildman–Crippen LogP) is 4.58. The van der Waals surface area contributed by atoms with Crippen LogP contribution in [0.1, 0.15) is 12.8 Å². The number of rotatable bonds is 3. The SMILES string of the molecule is CN1SN(CC2CC2)c2ccc(-c3ccccc3)cc21. The molecule has 0 spiro atoms. The fourth-order valence-electron chi connectivity index (χ4n) is 2.70. The van der Waals surface area contributed by atoms with Gasteiger partial charge < -0.3 is 0 Å². The molecule has 1 aliphatic heterocycles. The summed E-state index contributed by atoms with van der Waals surface area (Å²) < 4.78 is 4.73. The fraction of sp³-hybridized carbons (Fsp3) is 0.294. The van der Waals surface area contributed by atoms with Crippen molar-refractivity contribution in [2.24, 2.45) is 5.92 Å².